The van der Waals surface area contributed by atoms with E-state index in [1.165, 1.54) is 5.56 Å². The second kappa shape index (κ2) is 4.24. The first-order valence-electron chi connectivity index (χ1n) is 6.26. The van der Waals surface area contributed by atoms with Gasteiger partial charge in [0.15, 0.2) is 0 Å². The van der Waals surface area contributed by atoms with E-state index in [-0.39, 0.29) is 5.25 Å². The van der Waals surface area contributed by atoms with E-state index in [0.29, 0.717) is 13.1 Å². The van der Waals surface area contributed by atoms with Gasteiger partial charge in [-0.05, 0) is 42.5 Å². The third-order valence-electron chi connectivity index (χ3n) is 3.70. The van der Waals surface area contributed by atoms with Crippen molar-refractivity contribution in [2.75, 3.05) is 13.7 Å². The highest BCUT2D eigenvalue weighted by Gasteiger charge is 2.40. The van der Waals surface area contributed by atoms with Crippen molar-refractivity contribution in [3.8, 4) is 5.75 Å². The fraction of sp³-hybridized carbons (Fsp3) is 0.538. The summed E-state index contributed by atoms with van der Waals surface area (Å²) in [6.07, 6.45) is 2.43. The van der Waals surface area contributed by atoms with Gasteiger partial charge in [0.05, 0.1) is 12.4 Å². The average Bonchev–Trinajstić information content (AvgIpc) is 3.22. The number of benzene rings is 1. The van der Waals surface area contributed by atoms with Crippen molar-refractivity contribution >= 4 is 10.0 Å². The van der Waals surface area contributed by atoms with Crippen LogP contribution < -0.4 is 4.74 Å². The van der Waals surface area contributed by atoms with Crippen LogP contribution in [0.3, 0.4) is 0 Å². The van der Waals surface area contributed by atoms with Gasteiger partial charge in [-0.2, -0.15) is 4.31 Å². The Bertz CT molecular complexity index is 564. The molecular weight excluding hydrogens is 250 g/mol. The predicted octanol–water partition coefficient (Wildman–Crippen LogP) is 1.55. The zero-order chi connectivity index (χ0) is 12.8. The fourth-order valence-electron chi connectivity index (χ4n) is 2.42. The molecule has 0 atom stereocenters. The Kier molecular flexibility index (Phi) is 2.83. The summed E-state index contributed by atoms with van der Waals surface area (Å²) >= 11 is 0. The molecule has 98 valence electrons. The van der Waals surface area contributed by atoms with Gasteiger partial charge in [0, 0.05) is 13.1 Å². The van der Waals surface area contributed by atoms with Crippen LogP contribution in [0.25, 0.3) is 0 Å². The van der Waals surface area contributed by atoms with Gasteiger partial charge in [-0.25, -0.2) is 8.42 Å². The van der Waals surface area contributed by atoms with E-state index >= 15 is 0 Å². The maximum absolute atomic E-state index is 12.2. The minimum atomic E-state index is -3.05. The molecule has 1 aliphatic carbocycles. The van der Waals surface area contributed by atoms with Crippen molar-refractivity contribution in [3.05, 3.63) is 29.3 Å². The highest BCUT2D eigenvalue weighted by Crippen LogP contribution is 2.34. The zero-order valence-corrected chi connectivity index (χ0v) is 11.2. The van der Waals surface area contributed by atoms with Crippen molar-refractivity contribution in [1.29, 1.82) is 0 Å². The van der Waals surface area contributed by atoms with E-state index in [9.17, 15) is 8.42 Å². The Morgan fingerprint density at radius 1 is 1.28 bits per heavy atom. The Morgan fingerprint density at radius 3 is 2.72 bits per heavy atom. The third kappa shape index (κ3) is 2.01. The summed E-state index contributed by atoms with van der Waals surface area (Å²) in [6.45, 7) is 1.11. The van der Waals surface area contributed by atoms with Crippen molar-refractivity contribution in [3.63, 3.8) is 0 Å². The van der Waals surface area contributed by atoms with Crippen molar-refractivity contribution < 1.29 is 13.2 Å². The van der Waals surface area contributed by atoms with E-state index in [2.05, 4.69) is 0 Å². The molecule has 1 aromatic rings. The van der Waals surface area contributed by atoms with E-state index in [0.717, 1.165) is 30.6 Å². The molecule has 4 nitrogen and oxygen atoms in total. The molecule has 0 bridgehead atoms. The molecule has 2 aliphatic rings. The molecule has 0 amide bonds. The molecule has 0 aromatic heterocycles. The van der Waals surface area contributed by atoms with Gasteiger partial charge >= 0.3 is 0 Å². The van der Waals surface area contributed by atoms with Crippen molar-refractivity contribution in [2.45, 2.75) is 31.1 Å². The first kappa shape index (κ1) is 12.0. The number of sulfonamides is 1. The molecule has 0 spiro atoms. The maximum Gasteiger partial charge on any atom is 0.217 e. The lowest BCUT2D eigenvalue weighted by molar-refractivity contribution is 0.386. The van der Waals surface area contributed by atoms with Gasteiger partial charge < -0.3 is 4.74 Å². The van der Waals surface area contributed by atoms with E-state index < -0.39 is 10.0 Å². The summed E-state index contributed by atoms with van der Waals surface area (Å²) in [5, 5.41) is -0.114. The third-order valence-corrected chi connectivity index (χ3v) is 6.04. The second-order valence-corrected chi connectivity index (χ2v) is 7.18. The molecule has 0 N–H and O–H groups in total. The highest BCUT2D eigenvalue weighted by molar-refractivity contribution is 7.90. The van der Waals surface area contributed by atoms with E-state index in [1.807, 2.05) is 18.2 Å². The molecule has 0 unspecified atom stereocenters. The van der Waals surface area contributed by atoms with Crippen LogP contribution >= 0.6 is 0 Å². The molecule has 1 heterocycles. The van der Waals surface area contributed by atoms with Crippen LogP contribution in [0.4, 0.5) is 0 Å². The monoisotopic (exact) mass is 267 g/mol. The molecular formula is C13H17NO3S. The lowest BCUT2D eigenvalue weighted by atomic mass is 10.0. The van der Waals surface area contributed by atoms with Gasteiger partial charge in [-0.1, -0.05) is 6.07 Å². The van der Waals surface area contributed by atoms with E-state index in [1.54, 1.807) is 11.4 Å². The SMILES string of the molecule is COc1ccc2c(c1)CCN(S(=O)(=O)C1CC1)C2. The normalized spacial score (nSPS) is 20.5. The van der Waals surface area contributed by atoms with Crippen LogP contribution in [0.15, 0.2) is 18.2 Å². The number of methoxy groups -OCH3 is 1. The van der Waals surface area contributed by atoms with Crippen LogP contribution in [0.5, 0.6) is 5.75 Å². The fourth-order valence-corrected chi connectivity index (χ4v) is 4.24. The summed E-state index contributed by atoms with van der Waals surface area (Å²) in [7, 11) is -1.40. The minimum absolute atomic E-state index is 0.114. The van der Waals surface area contributed by atoms with Gasteiger partial charge in [-0.3, -0.25) is 0 Å². The van der Waals surface area contributed by atoms with Crippen molar-refractivity contribution in [2.24, 2.45) is 0 Å². The highest BCUT2D eigenvalue weighted by atomic mass is 32.2. The molecule has 1 aliphatic heterocycles. The standard InChI is InChI=1S/C13H17NO3S/c1-17-12-3-2-11-9-14(7-6-10(11)8-12)18(15,16)13-4-5-13/h2-3,8,13H,4-7,9H2,1H3. The lowest BCUT2D eigenvalue weighted by Crippen LogP contribution is -2.37. The number of nitrogens with zero attached hydrogens (tertiary/aromatic N) is 1. The van der Waals surface area contributed by atoms with Gasteiger partial charge in [0.25, 0.3) is 0 Å². The minimum Gasteiger partial charge on any atom is -0.497 e. The summed E-state index contributed by atoms with van der Waals surface area (Å²) in [5.41, 5.74) is 2.31. The van der Waals surface area contributed by atoms with Crippen LogP contribution in [-0.2, 0) is 23.0 Å². The van der Waals surface area contributed by atoms with Crippen LogP contribution in [-0.4, -0.2) is 31.6 Å². The summed E-state index contributed by atoms with van der Waals surface area (Å²) < 4.78 is 31.2. The maximum atomic E-state index is 12.2. The second-order valence-electron chi connectivity index (χ2n) is 4.96. The van der Waals surface area contributed by atoms with Crippen molar-refractivity contribution in [1.82, 2.24) is 4.31 Å². The summed E-state index contributed by atoms with van der Waals surface area (Å²) in [4.78, 5) is 0. The van der Waals surface area contributed by atoms with Crippen LogP contribution in [0.1, 0.15) is 24.0 Å². The molecule has 0 saturated heterocycles. The van der Waals surface area contributed by atoms with Gasteiger partial charge in [0.1, 0.15) is 5.75 Å². The summed E-state index contributed by atoms with van der Waals surface area (Å²) in [5.74, 6) is 0.840. The zero-order valence-electron chi connectivity index (χ0n) is 10.4. The molecule has 18 heavy (non-hydrogen) atoms. The Labute approximate surface area is 108 Å². The number of fused-ring (bicyclic) bond motifs is 1. The average molecular weight is 267 g/mol. The number of ether oxygens (including phenoxy) is 1. The first-order valence-corrected chi connectivity index (χ1v) is 7.76. The first-order chi connectivity index (χ1) is 8.61. The summed E-state index contributed by atoms with van der Waals surface area (Å²) in [6, 6.07) is 5.88. The quantitative estimate of drug-likeness (QED) is 0.834. The van der Waals surface area contributed by atoms with E-state index in [4.69, 9.17) is 4.74 Å². The number of hydrogen-bond donors (Lipinski definition) is 0. The molecule has 0 radical (unpaired) electrons. The van der Waals surface area contributed by atoms with Crippen LogP contribution in [0.2, 0.25) is 0 Å². The van der Waals surface area contributed by atoms with Crippen LogP contribution in [0, 0.1) is 0 Å². The molecule has 1 aromatic carbocycles. The Balaban J connectivity index is 1.85. The van der Waals surface area contributed by atoms with Gasteiger partial charge in [0.2, 0.25) is 10.0 Å². The molecule has 1 saturated carbocycles. The molecule has 3 rings (SSSR count). The smallest absolute Gasteiger partial charge is 0.217 e. The molecule has 5 heteroatoms. The molecule has 1 fully saturated rings. The topological polar surface area (TPSA) is 46.6 Å². The number of hydrogen-bond acceptors (Lipinski definition) is 3. The van der Waals surface area contributed by atoms with Gasteiger partial charge in [-0.15, -0.1) is 0 Å². The Morgan fingerprint density at radius 2 is 2.06 bits per heavy atom. The number of rotatable bonds is 3. The Hall–Kier alpha value is -1.07. The predicted molar refractivity (Wildman–Crippen MR) is 69.0 cm³/mol. The largest absolute Gasteiger partial charge is 0.497 e. The lowest BCUT2D eigenvalue weighted by Gasteiger charge is -2.28.